The van der Waals surface area contributed by atoms with E-state index >= 15 is 0 Å². The molecular weight excluding hydrogens is 198 g/mol. The number of urea groups is 1. The minimum atomic E-state index is -1.07. The molecule has 82 valence electrons. The number of H-pyrrole nitrogens is 1. The van der Waals surface area contributed by atoms with Crippen molar-refractivity contribution in [3.05, 3.63) is 17.5 Å². The van der Waals surface area contributed by atoms with E-state index in [1.165, 1.54) is 6.20 Å². The summed E-state index contributed by atoms with van der Waals surface area (Å²) in [5.74, 6) is -1.07. The summed E-state index contributed by atoms with van der Waals surface area (Å²) in [6.07, 6.45) is 1.45. The van der Waals surface area contributed by atoms with Crippen LogP contribution in [0.3, 0.4) is 0 Å². The molecule has 0 radical (unpaired) electrons. The minimum absolute atomic E-state index is 0.0845. The Morgan fingerprint density at radius 1 is 1.53 bits per heavy atom. The molecule has 15 heavy (non-hydrogen) atoms. The van der Waals surface area contributed by atoms with Crippen LogP contribution in [-0.2, 0) is 0 Å². The van der Waals surface area contributed by atoms with Crippen LogP contribution in [0.25, 0.3) is 0 Å². The van der Waals surface area contributed by atoms with Gasteiger partial charge in [-0.1, -0.05) is 0 Å². The summed E-state index contributed by atoms with van der Waals surface area (Å²) in [6.45, 7) is 3.89. The number of carboxylic acid groups (broad SMARTS) is 1. The molecule has 4 N–H and O–H groups in total. The summed E-state index contributed by atoms with van der Waals surface area (Å²) < 4.78 is 0. The second kappa shape index (κ2) is 4.50. The quantitative estimate of drug-likeness (QED) is 0.604. The first kappa shape index (κ1) is 11.1. The molecule has 6 nitrogen and oxygen atoms in total. The predicted molar refractivity (Wildman–Crippen MR) is 55.2 cm³/mol. The third-order valence-electron chi connectivity index (χ3n) is 1.88. The predicted octanol–water partition coefficient (Wildman–Crippen LogP) is 1.16. The maximum Gasteiger partial charge on any atom is 0.339 e. The van der Waals surface area contributed by atoms with E-state index < -0.39 is 12.0 Å². The molecule has 0 aromatic carbocycles. The lowest BCUT2D eigenvalue weighted by Crippen LogP contribution is -2.28. The first-order chi connectivity index (χ1) is 7.06. The summed E-state index contributed by atoms with van der Waals surface area (Å²) in [5, 5.41) is 13.9. The van der Waals surface area contributed by atoms with Crippen LogP contribution in [0.2, 0.25) is 0 Å². The molecular formula is C9H13N3O3. The van der Waals surface area contributed by atoms with Crippen LogP contribution in [0.15, 0.2) is 6.20 Å². The van der Waals surface area contributed by atoms with Crippen molar-refractivity contribution in [1.82, 2.24) is 10.3 Å². The van der Waals surface area contributed by atoms with Crippen LogP contribution in [-0.4, -0.2) is 28.6 Å². The first-order valence-corrected chi connectivity index (χ1v) is 4.52. The van der Waals surface area contributed by atoms with Crippen molar-refractivity contribution in [2.45, 2.75) is 13.8 Å². The van der Waals surface area contributed by atoms with Gasteiger partial charge in [0, 0.05) is 18.4 Å². The molecule has 1 aromatic heterocycles. The number of anilines is 1. The maximum atomic E-state index is 11.2. The van der Waals surface area contributed by atoms with E-state index in [0.29, 0.717) is 12.2 Å². The number of carbonyl (C=O) groups is 2. The summed E-state index contributed by atoms with van der Waals surface area (Å²) in [6, 6.07) is -0.418. The summed E-state index contributed by atoms with van der Waals surface area (Å²) >= 11 is 0. The van der Waals surface area contributed by atoms with Crippen LogP contribution in [0.5, 0.6) is 0 Å². The molecule has 6 heteroatoms. The molecule has 2 amide bonds. The molecule has 0 aliphatic heterocycles. The van der Waals surface area contributed by atoms with Gasteiger partial charge in [-0.15, -0.1) is 0 Å². The second-order valence-corrected chi connectivity index (χ2v) is 2.99. The third-order valence-corrected chi connectivity index (χ3v) is 1.88. The number of amides is 2. The SMILES string of the molecule is CCNC(=O)Nc1c[nH]c(C)c1C(=O)O. The van der Waals surface area contributed by atoms with Gasteiger partial charge in [-0.05, 0) is 13.8 Å². The Labute approximate surface area is 86.7 Å². The first-order valence-electron chi connectivity index (χ1n) is 4.52. The van der Waals surface area contributed by atoms with Gasteiger partial charge in [-0.2, -0.15) is 0 Å². The van der Waals surface area contributed by atoms with Gasteiger partial charge in [0.15, 0.2) is 0 Å². The second-order valence-electron chi connectivity index (χ2n) is 2.99. The van der Waals surface area contributed by atoms with Crippen LogP contribution in [0, 0.1) is 6.92 Å². The molecule has 0 bridgehead atoms. The smallest absolute Gasteiger partial charge is 0.339 e. The Morgan fingerprint density at radius 2 is 2.20 bits per heavy atom. The van der Waals surface area contributed by atoms with E-state index in [2.05, 4.69) is 15.6 Å². The maximum absolute atomic E-state index is 11.2. The fourth-order valence-corrected chi connectivity index (χ4v) is 1.23. The molecule has 1 rings (SSSR count). The largest absolute Gasteiger partial charge is 0.478 e. The Morgan fingerprint density at radius 3 is 2.73 bits per heavy atom. The van der Waals surface area contributed by atoms with Gasteiger partial charge in [-0.3, -0.25) is 0 Å². The van der Waals surface area contributed by atoms with Crippen LogP contribution >= 0.6 is 0 Å². The van der Waals surface area contributed by atoms with Crippen LogP contribution in [0.4, 0.5) is 10.5 Å². The van der Waals surface area contributed by atoms with E-state index in [0.717, 1.165) is 0 Å². The van der Waals surface area contributed by atoms with Crippen molar-refractivity contribution in [2.75, 3.05) is 11.9 Å². The topological polar surface area (TPSA) is 94.2 Å². The Bertz CT molecular complexity index is 384. The molecule has 1 aromatic rings. The number of nitrogens with one attached hydrogen (secondary N) is 3. The average molecular weight is 211 g/mol. The van der Waals surface area contributed by atoms with E-state index in [1.54, 1.807) is 13.8 Å². The number of aryl methyl sites for hydroxylation is 1. The van der Waals surface area contributed by atoms with E-state index in [9.17, 15) is 9.59 Å². The number of hydrogen-bond acceptors (Lipinski definition) is 2. The van der Waals surface area contributed by atoms with Crippen molar-refractivity contribution in [1.29, 1.82) is 0 Å². The zero-order valence-electron chi connectivity index (χ0n) is 8.55. The molecule has 0 atom stereocenters. The Hall–Kier alpha value is -1.98. The highest BCUT2D eigenvalue weighted by Gasteiger charge is 2.16. The van der Waals surface area contributed by atoms with Crippen LogP contribution < -0.4 is 10.6 Å². The van der Waals surface area contributed by atoms with E-state index in [1.807, 2.05) is 0 Å². The van der Waals surface area contributed by atoms with Gasteiger partial charge >= 0.3 is 12.0 Å². The lowest BCUT2D eigenvalue weighted by atomic mass is 10.2. The summed E-state index contributed by atoms with van der Waals surface area (Å²) in [5.41, 5.74) is 0.863. The van der Waals surface area contributed by atoms with Crippen molar-refractivity contribution >= 4 is 17.7 Å². The lowest BCUT2D eigenvalue weighted by molar-refractivity contribution is 0.0697. The van der Waals surface area contributed by atoms with Crippen molar-refractivity contribution in [3.8, 4) is 0 Å². The fourth-order valence-electron chi connectivity index (χ4n) is 1.23. The molecule has 0 aliphatic rings. The Kier molecular flexibility index (Phi) is 3.33. The zero-order chi connectivity index (χ0) is 11.4. The summed E-state index contributed by atoms with van der Waals surface area (Å²) in [4.78, 5) is 24.8. The molecule has 0 spiro atoms. The van der Waals surface area contributed by atoms with E-state index in [-0.39, 0.29) is 11.3 Å². The minimum Gasteiger partial charge on any atom is -0.478 e. The van der Waals surface area contributed by atoms with E-state index in [4.69, 9.17) is 5.11 Å². The number of aromatic carboxylic acids is 1. The molecule has 0 unspecified atom stereocenters. The van der Waals surface area contributed by atoms with Gasteiger partial charge < -0.3 is 20.7 Å². The lowest BCUT2D eigenvalue weighted by Gasteiger charge is -2.04. The van der Waals surface area contributed by atoms with Gasteiger partial charge in [0.05, 0.1) is 5.69 Å². The van der Waals surface area contributed by atoms with Crippen molar-refractivity contribution in [2.24, 2.45) is 0 Å². The van der Waals surface area contributed by atoms with Crippen LogP contribution in [0.1, 0.15) is 23.0 Å². The zero-order valence-corrected chi connectivity index (χ0v) is 8.55. The highest BCUT2D eigenvalue weighted by molar-refractivity contribution is 6.00. The van der Waals surface area contributed by atoms with Gasteiger partial charge in [0.1, 0.15) is 5.56 Å². The molecule has 1 heterocycles. The van der Waals surface area contributed by atoms with Gasteiger partial charge in [0.25, 0.3) is 0 Å². The average Bonchev–Trinajstić information content (AvgIpc) is 2.47. The molecule has 0 saturated heterocycles. The van der Waals surface area contributed by atoms with Gasteiger partial charge in [-0.25, -0.2) is 9.59 Å². The number of carboxylic acids is 1. The highest BCUT2D eigenvalue weighted by atomic mass is 16.4. The normalized spacial score (nSPS) is 9.73. The number of hydrogen-bond donors (Lipinski definition) is 4. The number of aromatic nitrogens is 1. The monoisotopic (exact) mass is 211 g/mol. The standard InChI is InChI=1S/C9H13N3O3/c1-3-10-9(15)12-6-4-11-5(2)7(6)8(13)14/h4,11H,3H2,1-2H3,(H,13,14)(H2,10,12,15). The molecule has 0 saturated carbocycles. The molecule has 0 fully saturated rings. The van der Waals surface area contributed by atoms with Crippen molar-refractivity contribution in [3.63, 3.8) is 0 Å². The van der Waals surface area contributed by atoms with Crippen molar-refractivity contribution < 1.29 is 14.7 Å². The number of aromatic amines is 1. The summed E-state index contributed by atoms with van der Waals surface area (Å²) in [7, 11) is 0. The third kappa shape index (κ3) is 2.49. The fraction of sp³-hybridized carbons (Fsp3) is 0.333. The molecule has 0 aliphatic carbocycles. The van der Waals surface area contributed by atoms with Gasteiger partial charge in [0.2, 0.25) is 0 Å². The highest BCUT2D eigenvalue weighted by Crippen LogP contribution is 2.18. The number of carbonyl (C=O) groups excluding carboxylic acids is 1. The number of rotatable bonds is 3. The Balaban J connectivity index is 2.86.